The van der Waals surface area contributed by atoms with Gasteiger partial charge in [0, 0.05) is 11.6 Å². The number of hydrogen-bond acceptors (Lipinski definition) is 5. The van der Waals surface area contributed by atoms with E-state index in [9.17, 15) is 4.39 Å². The molecule has 2 aromatic carbocycles. The Balaban J connectivity index is 1.66. The molecule has 0 spiro atoms. The third kappa shape index (κ3) is 4.13. The van der Waals surface area contributed by atoms with E-state index in [1.165, 1.54) is 31.0 Å². The lowest BCUT2D eigenvalue weighted by molar-refractivity contribution is 0.403. The molecule has 148 valence electrons. The summed E-state index contributed by atoms with van der Waals surface area (Å²) >= 11 is 7.48. The van der Waals surface area contributed by atoms with E-state index >= 15 is 0 Å². The first-order valence-corrected chi connectivity index (χ1v) is 9.99. The number of aromatic amines is 1. The van der Waals surface area contributed by atoms with Gasteiger partial charge in [-0.05, 0) is 48.0 Å². The molecule has 0 aliphatic heterocycles. The van der Waals surface area contributed by atoms with Crippen LogP contribution >= 0.6 is 23.4 Å². The summed E-state index contributed by atoms with van der Waals surface area (Å²) in [6.45, 7) is 0.603. The molecule has 0 radical (unpaired) electrons. The quantitative estimate of drug-likeness (QED) is 0.475. The maximum Gasteiger partial charge on any atom is 0.173 e. The van der Waals surface area contributed by atoms with Crippen molar-refractivity contribution < 1.29 is 9.13 Å². The average molecular weight is 430 g/mol. The third-order valence-electron chi connectivity index (χ3n) is 4.41. The number of aromatic nitrogens is 4. The van der Waals surface area contributed by atoms with Gasteiger partial charge in [-0.25, -0.2) is 14.4 Å². The fourth-order valence-electron chi connectivity index (χ4n) is 2.95. The van der Waals surface area contributed by atoms with Crippen molar-refractivity contribution in [3.8, 4) is 5.75 Å². The first-order chi connectivity index (χ1) is 14.0. The Morgan fingerprint density at radius 1 is 1.28 bits per heavy atom. The van der Waals surface area contributed by atoms with Crippen LogP contribution in [0.1, 0.15) is 5.56 Å². The van der Waals surface area contributed by atoms with Crippen molar-refractivity contribution in [1.82, 2.24) is 19.5 Å². The Hall–Kier alpha value is -2.84. The molecule has 0 aliphatic carbocycles. The molecule has 9 heteroatoms. The predicted molar refractivity (Wildman–Crippen MR) is 110 cm³/mol. The molecule has 0 aliphatic rings. The molecule has 0 saturated carbocycles. The number of nitrogens with one attached hydrogen (secondary N) is 2. The summed E-state index contributed by atoms with van der Waals surface area (Å²) < 4.78 is 20.8. The molecule has 2 N–H and O–H groups in total. The lowest BCUT2D eigenvalue weighted by atomic mass is 10.1. The molecule has 0 atom stereocenters. The lowest BCUT2D eigenvalue weighted by Crippen LogP contribution is -2.13. The summed E-state index contributed by atoms with van der Waals surface area (Å²) in [6.07, 6.45) is 2.30. The second kappa shape index (κ2) is 8.26. The maximum atomic E-state index is 13.7. The van der Waals surface area contributed by atoms with Gasteiger partial charge in [-0.3, -0.25) is 5.41 Å². The Morgan fingerprint density at radius 2 is 2.10 bits per heavy atom. The minimum Gasteiger partial charge on any atom is -0.496 e. The van der Waals surface area contributed by atoms with Gasteiger partial charge in [0.15, 0.2) is 16.3 Å². The zero-order valence-corrected chi connectivity index (χ0v) is 17.0. The molecule has 0 saturated heterocycles. The summed E-state index contributed by atoms with van der Waals surface area (Å²) in [6, 6.07) is 12.0. The van der Waals surface area contributed by atoms with Crippen LogP contribution in [-0.2, 0) is 13.0 Å². The van der Waals surface area contributed by atoms with E-state index in [1.807, 2.05) is 28.8 Å². The van der Waals surface area contributed by atoms with E-state index in [-0.39, 0.29) is 11.3 Å². The molecule has 0 fully saturated rings. The number of hydrogen-bond donors (Lipinski definition) is 2. The molecule has 0 bridgehead atoms. The van der Waals surface area contributed by atoms with Crippen LogP contribution in [0, 0.1) is 11.2 Å². The minimum absolute atomic E-state index is 0.0968. The van der Waals surface area contributed by atoms with Gasteiger partial charge in [0.05, 0.1) is 18.3 Å². The lowest BCUT2D eigenvalue weighted by Gasteiger charge is -2.08. The normalized spacial score (nSPS) is 11.1. The summed E-state index contributed by atoms with van der Waals surface area (Å²) in [7, 11) is 1.53. The second-order valence-corrected chi connectivity index (χ2v) is 7.70. The number of fused-ring (bicyclic) bond motifs is 1. The van der Waals surface area contributed by atoms with Crippen LogP contribution in [0.15, 0.2) is 58.8 Å². The van der Waals surface area contributed by atoms with Gasteiger partial charge in [0.2, 0.25) is 0 Å². The van der Waals surface area contributed by atoms with Gasteiger partial charge >= 0.3 is 0 Å². The number of rotatable bonds is 6. The van der Waals surface area contributed by atoms with Crippen LogP contribution in [0.5, 0.6) is 5.75 Å². The smallest absolute Gasteiger partial charge is 0.173 e. The number of H-pyrrole nitrogens is 1. The molecule has 4 aromatic rings. The zero-order chi connectivity index (χ0) is 20.4. The molecule has 2 heterocycles. The monoisotopic (exact) mass is 429 g/mol. The number of imidazole rings is 1. The topological polar surface area (TPSA) is 79.6 Å². The summed E-state index contributed by atoms with van der Waals surface area (Å²) in [5, 5.41) is 9.32. The highest BCUT2D eigenvalue weighted by Crippen LogP contribution is 2.34. The van der Waals surface area contributed by atoms with Crippen molar-refractivity contribution in [3.05, 3.63) is 70.7 Å². The van der Waals surface area contributed by atoms with Crippen LogP contribution in [0.4, 0.5) is 4.39 Å². The molecule has 0 amide bonds. The van der Waals surface area contributed by atoms with Gasteiger partial charge in [-0.2, -0.15) is 0 Å². The van der Waals surface area contributed by atoms with Gasteiger partial charge in [-0.1, -0.05) is 29.8 Å². The fraction of sp³-hybridized carbons (Fsp3) is 0.150. The average Bonchev–Trinajstić information content (AvgIpc) is 3.13. The highest BCUT2D eigenvalue weighted by Gasteiger charge is 2.13. The number of aryl methyl sites for hydroxylation is 2. The van der Waals surface area contributed by atoms with Crippen molar-refractivity contribution in [1.29, 1.82) is 5.41 Å². The third-order valence-corrected chi connectivity index (χ3v) is 5.70. The predicted octanol–water partition coefficient (Wildman–Crippen LogP) is 4.43. The van der Waals surface area contributed by atoms with E-state index in [4.69, 9.17) is 21.7 Å². The molecular weight excluding hydrogens is 413 g/mol. The van der Waals surface area contributed by atoms with Crippen LogP contribution < -0.4 is 10.2 Å². The first kappa shape index (κ1) is 19.5. The summed E-state index contributed by atoms with van der Waals surface area (Å²) in [5.41, 5.74) is 2.25. The van der Waals surface area contributed by atoms with Gasteiger partial charge in [0.1, 0.15) is 17.1 Å². The highest BCUT2D eigenvalue weighted by atomic mass is 35.5. The van der Waals surface area contributed by atoms with E-state index in [0.717, 1.165) is 5.56 Å². The largest absolute Gasteiger partial charge is 0.496 e. The standard InChI is InChI=1S/C20H17ClFN5OS/c1-28-15-7-6-13(22)10-16(15)29-20-25-17-18(23)24-11-27(19(17)26-20)9-8-12-4-2-3-5-14(12)21/h2-7,10-11,23H,8-9H2,1H3,(H,25,26). The maximum absolute atomic E-state index is 13.7. The van der Waals surface area contributed by atoms with Crippen molar-refractivity contribution in [2.24, 2.45) is 0 Å². The number of halogens is 2. The van der Waals surface area contributed by atoms with Crippen LogP contribution in [-0.4, -0.2) is 26.6 Å². The van der Waals surface area contributed by atoms with E-state index in [1.54, 1.807) is 12.4 Å². The number of ether oxygens (including phenoxy) is 1. The minimum atomic E-state index is -0.359. The number of benzene rings is 2. The molecule has 0 unspecified atom stereocenters. The zero-order valence-electron chi connectivity index (χ0n) is 15.4. The van der Waals surface area contributed by atoms with Gasteiger partial charge in [0.25, 0.3) is 0 Å². The van der Waals surface area contributed by atoms with Crippen molar-refractivity contribution in [2.45, 2.75) is 23.0 Å². The SMILES string of the molecule is COc1ccc(F)cc1Sc1nc2c([nH]1)c(=N)ncn2CCc1ccccc1Cl. The Bertz CT molecular complexity index is 1240. The molecule has 6 nitrogen and oxygen atoms in total. The first-order valence-electron chi connectivity index (χ1n) is 8.79. The molecular formula is C20H17ClFN5OS. The van der Waals surface area contributed by atoms with Crippen molar-refractivity contribution in [3.63, 3.8) is 0 Å². The number of nitrogens with zero attached hydrogens (tertiary/aromatic N) is 3. The van der Waals surface area contributed by atoms with Gasteiger partial charge in [-0.15, -0.1) is 0 Å². The van der Waals surface area contributed by atoms with Crippen molar-refractivity contribution in [2.75, 3.05) is 7.11 Å². The van der Waals surface area contributed by atoms with E-state index in [2.05, 4.69) is 15.0 Å². The van der Waals surface area contributed by atoms with Gasteiger partial charge < -0.3 is 14.3 Å². The number of methoxy groups -OCH3 is 1. The van der Waals surface area contributed by atoms with Crippen LogP contribution in [0.3, 0.4) is 0 Å². The van der Waals surface area contributed by atoms with E-state index in [0.29, 0.717) is 45.0 Å². The van der Waals surface area contributed by atoms with Crippen molar-refractivity contribution >= 4 is 34.5 Å². The Kier molecular flexibility index (Phi) is 5.55. The summed E-state index contributed by atoms with van der Waals surface area (Å²) in [5.74, 6) is 0.190. The summed E-state index contributed by atoms with van der Waals surface area (Å²) in [4.78, 5) is 12.5. The van der Waals surface area contributed by atoms with E-state index < -0.39 is 0 Å². The molecule has 29 heavy (non-hydrogen) atoms. The highest BCUT2D eigenvalue weighted by molar-refractivity contribution is 7.99. The second-order valence-electron chi connectivity index (χ2n) is 6.27. The van der Waals surface area contributed by atoms with Crippen LogP contribution in [0.25, 0.3) is 11.2 Å². The van der Waals surface area contributed by atoms with Crippen LogP contribution in [0.2, 0.25) is 5.02 Å². The molecule has 4 rings (SSSR count). The Labute approximate surface area is 175 Å². The molecule has 2 aromatic heterocycles. The Morgan fingerprint density at radius 3 is 2.90 bits per heavy atom. The fourth-order valence-corrected chi connectivity index (χ4v) is 4.10.